The molecule has 3 aromatic rings. The van der Waals surface area contributed by atoms with Crippen LogP contribution >= 0.6 is 0 Å². The smallest absolute Gasteiger partial charge is 0.117 e. The molecular formula is C18H17N3O. The van der Waals surface area contributed by atoms with Crippen LogP contribution in [0.15, 0.2) is 72.8 Å². The van der Waals surface area contributed by atoms with Crippen molar-refractivity contribution in [1.82, 2.24) is 0 Å². The topological polar surface area (TPSA) is 75.5 Å². The van der Waals surface area contributed by atoms with E-state index in [0.717, 1.165) is 17.1 Å². The number of nitrogens with zero attached hydrogens (tertiary/aromatic N) is 1. The predicted octanol–water partition coefficient (Wildman–Crippen LogP) is 4.03. The summed E-state index contributed by atoms with van der Waals surface area (Å²) in [4.78, 5) is 2.03. The van der Waals surface area contributed by atoms with Crippen molar-refractivity contribution >= 4 is 28.4 Å². The van der Waals surface area contributed by atoms with Gasteiger partial charge in [0.2, 0.25) is 0 Å². The molecule has 0 aromatic heterocycles. The molecule has 5 N–H and O–H groups in total. The monoisotopic (exact) mass is 291 g/mol. The first-order chi connectivity index (χ1) is 10.6. The number of anilines is 5. The molecule has 0 bridgehead atoms. The Morgan fingerprint density at radius 1 is 0.636 bits per heavy atom. The van der Waals surface area contributed by atoms with Crippen LogP contribution in [-0.4, -0.2) is 5.11 Å². The molecule has 0 spiro atoms. The van der Waals surface area contributed by atoms with Gasteiger partial charge in [-0.05, 0) is 60.7 Å². The molecule has 0 amide bonds. The van der Waals surface area contributed by atoms with Crippen molar-refractivity contribution in [3.05, 3.63) is 72.8 Å². The van der Waals surface area contributed by atoms with Crippen LogP contribution in [-0.2, 0) is 0 Å². The van der Waals surface area contributed by atoms with Crippen molar-refractivity contribution in [1.29, 1.82) is 0 Å². The summed E-state index contributed by atoms with van der Waals surface area (Å²) in [5, 5.41) is 9.78. The molecule has 0 radical (unpaired) electrons. The SMILES string of the molecule is Nc1ccc(N(c2ccc(N)cc2)c2cccc(O)c2)cc1. The highest BCUT2D eigenvalue weighted by Gasteiger charge is 2.12. The Bertz CT molecular complexity index is 722. The second-order valence-electron chi connectivity index (χ2n) is 5.04. The summed E-state index contributed by atoms with van der Waals surface area (Å²) in [7, 11) is 0. The quantitative estimate of drug-likeness (QED) is 0.637. The Hall–Kier alpha value is -3.14. The number of benzene rings is 3. The van der Waals surface area contributed by atoms with E-state index in [9.17, 15) is 5.11 Å². The molecule has 110 valence electrons. The third-order valence-corrected chi connectivity index (χ3v) is 3.39. The van der Waals surface area contributed by atoms with Crippen molar-refractivity contribution in [2.75, 3.05) is 16.4 Å². The molecule has 3 rings (SSSR count). The molecule has 3 aromatic carbocycles. The van der Waals surface area contributed by atoms with Gasteiger partial charge in [0.05, 0.1) is 0 Å². The third kappa shape index (κ3) is 2.81. The fourth-order valence-corrected chi connectivity index (χ4v) is 2.33. The lowest BCUT2D eigenvalue weighted by atomic mass is 10.1. The maximum Gasteiger partial charge on any atom is 0.117 e. The Balaban J connectivity index is 2.13. The highest BCUT2D eigenvalue weighted by Crippen LogP contribution is 2.36. The van der Waals surface area contributed by atoms with E-state index in [4.69, 9.17) is 11.5 Å². The van der Waals surface area contributed by atoms with E-state index < -0.39 is 0 Å². The molecular weight excluding hydrogens is 274 g/mol. The normalized spacial score (nSPS) is 10.4. The van der Waals surface area contributed by atoms with Gasteiger partial charge in [0.25, 0.3) is 0 Å². The standard InChI is InChI=1S/C18H17N3O/c19-13-4-8-15(9-5-13)21(16-10-6-14(20)7-11-16)17-2-1-3-18(22)12-17/h1-12,22H,19-20H2. The van der Waals surface area contributed by atoms with Gasteiger partial charge in [0.1, 0.15) is 5.75 Å². The zero-order valence-electron chi connectivity index (χ0n) is 12.0. The van der Waals surface area contributed by atoms with Crippen molar-refractivity contribution in [2.24, 2.45) is 0 Å². The minimum Gasteiger partial charge on any atom is -0.508 e. The summed E-state index contributed by atoms with van der Waals surface area (Å²) in [6.07, 6.45) is 0. The van der Waals surface area contributed by atoms with Crippen LogP contribution in [0.2, 0.25) is 0 Å². The van der Waals surface area contributed by atoms with E-state index in [-0.39, 0.29) is 5.75 Å². The van der Waals surface area contributed by atoms with Gasteiger partial charge in [-0.1, -0.05) is 6.07 Å². The summed E-state index contributed by atoms with van der Waals surface area (Å²) in [6, 6.07) is 22.3. The van der Waals surface area contributed by atoms with Crippen molar-refractivity contribution in [3.63, 3.8) is 0 Å². The summed E-state index contributed by atoms with van der Waals surface area (Å²) in [5.74, 6) is 0.216. The molecule has 0 aliphatic heterocycles. The Labute approximate surface area is 129 Å². The van der Waals surface area contributed by atoms with Crippen LogP contribution < -0.4 is 16.4 Å². The largest absolute Gasteiger partial charge is 0.508 e. The highest BCUT2D eigenvalue weighted by atomic mass is 16.3. The van der Waals surface area contributed by atoms with Crippen LogP contribution in [0, 0.1) is 0 Å². The predicted molar refractivity (Wildman–Crippen MR) is 91.6 cm³/mol. The number of phenolic OH excluding ortho intramolecular Hbond substituents is 1. The van der Waals surface area contributed by atoms with E-state index >= 15 is 0 Å². The molecule has 4 nitrogen and oxygen atoms in total. The minimum atomic E-state index is 0.216. The Kier molecular flexibility index (Phi) is 3.58. The Morgan fingerprint density at radius 2 is 1.14 bits per heavy atom. The number of aromatic hydroxyl groups is 1. The third-order valence-electron chi connectivity index (χ3n) is 3.39. The second kappa shape index (κ2) is 5.69. The molecule has 0 saturated carbocycles. The number of nitrogen functional groups attached to an aromatic ring is 2. The fraction of sp³-hybridized carbons (Fsp3) is 0. The molecule has 0 heterocycles. The number of nitrogens with two attached hydrogens (primary N) is 2. The number of rotatable bonds is 3. The molecule has 22 heavy (non-hydrogen) atoms. The lowest BCUT2D eigenvalue weighted by molar-refractivity contribution is 0.475. The zero-order chi connectivity index (χ0) is 15.5. The first-order valence-corrected chi connectivity index (χ1v) is 6.94. The van der Waals surface area contributed by atoms with Gasteiger partial charge in [-0.15, -0.1) is 0 Å². The molecule has 4 heteroatoms. The van der Waals surface area contributed by atoms with E-state index in [1.54, 1.807) is 12.1 Å². The Morgan fingerprint density at radius 3 is 1.59 bits per heavy atom. The summed E-state index contributed by atoms with van der Waals surface area (Å²) < 4.78 is 0. The van der Waals surface area contributed by atoms with E-state index in [1.165, 1.54) is 0 Å². The summed E-state index contributed by atoms with van der Waals surface area (Å²) >= 11 is 0. The maximum absolute atomic E-state index is 9.78. The van der Waals surface area contributed by atoms with Crippen LogP contribution in [0.5, 0.6) is 5.75 Å². The first kappa shape index (κ1) is 13.8. The van der Waals surface area contributed by atoms with E-state index in [0.29, 0.717) is 11.4 Å². The number of hydrogen-bond acceptors (Lipinski definition) is 4. The summed E-state index contributed by atoms with van der Waals surface area (Å²) in [5.41, 5.74) is 15.7. The van der Waals surface area contributed by atoms with E-state index in [1.807, 2.05) is 65.6 Å². The van der Waals surface area contributed by atoms with Crippen LogP contribution in [0.3, 0.4) is 0 Å². The van der Waals surface area contributed by atoms with Gasteiger partial charge in [-0.2, -0.15) is 0 Å². The van der Waals surface area contributed by atoms with Crippen molar-refractivity contribution in [3.8, 4) is 5.75 Å². The number of phenols is 1. The maximum atomic E-state index is 9.78. The molecule has 0 aliphatic rings. The average molecular weight is 291 g/mol. The lowest BCUT2D eigenvalue weighted by Gasteiger charge is -2.25. The molecule has 0 unspecified atom stereocenters. The first-order valence-electron chi connectivity index (χ1n) is 6.94. The number of hydrogen-bond donors (Lipinski definition) is 3. The fourth-order valence-electron chi connectivity index (χ4n) is 2.33. The zero-order valence-corrected chi connectivity index (χ0v) is 12.0. The van der Waals surface area contributed by atoms with Crippen LogP contribution in [0.4, 0.5) is 28.4 Å². The molecule has 0 saturated heterocycles. The molecule has 0 atom stereocenters. The van der Waals surface area contributed by atoms with Gasteiger partial charge in [0.15, 0.2) is 0 Å². The van der Waals surface area contributed by atoms with Crippen LogP contribution in [0.1, 0.15) is 0 Å². The van der Waals surface area contributed by atoms with Gasteiger partial charge >= 0.3 is 0 Å². The second-order valence-corrected chi connectivity index (χ2v) is 5.04. The highest BCUT2D eigenvalue weighted by molar-refractivity contribution is 5.78. The van der Waals surface area contributed by atoms with Gasteiger partial charge in [-0.3, -0.25) is 0 Å². The van der Waals surface area contributed by atoms with Gasteiger partial charge in [0, 0.05) is 34.5 Å². The molecule has 0 aliphatic carbocycles. The minimum absolute atomic E-state index is 0.216. The van der Waals surface area contributed by atoms with Gasteiger partial charge in [-0.25, -0.2) is 0 Å². The van der Waals surface area contributed by atoms with Crippen molar-refractivity contribution < 1.29 is 5.11 Å². The van der Waals surface area contributed by atoms with Crippen molar-refractivity contribution in [2.45, 2.75) is 0 Å². The average Bonchev–Trinajstić information content (AvgIpc) is 2.51. The van der Waals surface area contributed by atoms with E-state index in [2.05, 4.69) is 0 Å². The lowest BCUT2D eigenvalue weighted by Crippen LogP contribution is -2.09. The van der Waals surface area contributed by atoms with Crippen LogP contribution in [0.25, 0.3) is 0 Å². The molecule has 0 fully saturated rings. The van der Waals surface area contributed by atoms with Gasteiger partial charge < -0.3 is 21.5 Å². The summed E-state index contributed by atoms with van der Waals surface area (Å²) in [6.45, 7) is 0.